The number of nitrogens with zero attached hydrogens (tertiary/aromatic N) is 1. The predicted molar refractivity (Wildman–Crippen MR) is 78.0 cm³/mol. The second-order valence-corrected chi connectivity index (χ2v) is 5.67. The number of aliphatic hydroxyl groups excluding tert-OH is 1. The van der Waals surface area contributed by atoms with Crippen LogP contribution in [0.2, 0.25) is 0 Å². The van der Waals surface area contributed by atoms with Crippen molar-refractivity contribution in [3.63, 3.8) is 0 Å². The van der Waals surface area contributed by atoms with Crippen LogP contribution in [-0.4, -0.2) is 55.6 Å². The molecule has 21 heavy (non-hydrogen) atoms. The van der Waals surface area contributed by atoms with Gasteiger partial charge in [-0.15, -0.1) is 0 Å². The van der Waals surface area contributed by atoms with E-state index in [1.54, 1.807) is 12.3 Å². The first kappa shape index (κ1) is 14.8. The topological polar surface area (TPSA) is 55.1 Å². The van der Waals surface area contributed by atoms with Crippen LogP contribution >= 0.6 is 0 Å². The Morgan fingerprint density at radius 3 is 3.05 bits per heavy atom. The van der Waals surface area contributed by atoms with Crippen LogP contribution in [0.15, 0.2) is 34.5 Å². The minimum absolute atomic E-state index is 0.210. The van der Waals surface area contributed by atoms with Crippen molar-refractivity contribution in [2.45, 2.75) is 25.0 Å². The molecule has 1 fully saturated rings. The van der Waals surface area contributed by atoms with E-state index < -0.39 is 6.10 Å². The lowest BCUT2D eigenvalue weighted by Crippen LogP contribution is -2.47. The number of ether oxygens (including phenoxy) is 2. The van der Waals surface area contributed by atoms with Gasteiger partial charge in [0.05, 0.1) is 32.7 Å². The van der Waals surface area contributed by atoms with E-state index >= 15 is 0 Å². The first-order valence-electron chi connectivity index (χ1n) is 7.62. The number of furan rings is 1. The van der Waals surface area contributed by atoms with Gasteiger partial charge in [0.25, 0.3) is 0 Å². The van der Waals surface area contributed by atoms with Crippen LogP contribution in [0.4, 0.5) is 0 Å². The smallest absolute Gasteiger partial charge is 0.132 e. The van der Waals surface area contributed by atoms with Crippen molar-refractivity contribution < 1.29 is 19.0 Å². The minimum atomic E-state index is -0.578. The molecule has 0 spiro atoms. The van der Waals surface area contributed by atoms with E-state index in [4.69, 9.17) is 13.9 Å². The van der Waals surface area contributed by atoms with Crippen LogP contribution in [0.25, 0.3) is 0 Å². The predicted octanol–water partition coefficient (Wildman–Crippen LogP) is 1.75. The Balaban J connectivity index is 1.59. The normalized spacial score (nSPS) is 25.6. The fourth-order valence-corrected chi connectivity index (χ4v) is 2.95. The summed E-state index contributed by atoms with van der Waals surface area (Å²) in [7, 11) is 0. The van der Waals surface area contributed by atoms with Gasteiger partial charge in [-0.3, -0.25) is 4.90 Å². The molecular formula is C16H23NO4. The summed E-state index contributed by atoms with van der Waals surface area (Å²) < 4.78 is 16.4. The molecule has 0 radical (unpaired) electrons. The van der Waals surface area contributed by atoms with E-state index in [-0.39, 0.29) is 6.04 Å². The van der Waals surface area contributed by atoms with E-state index in [1.807, 2.05) is 6.07 Å². The van der Waals surface area contributed by atoms with Crippen molar-refractivity contribution in [2.75, 3.05) is 39.5 Å². The van der Waals surface area contributed by atoms with Gasteiger partial charge in [0, 0.05) is 19.1 Å². The number of hydrogen-bond donors (Lipinski definition) is 1. The summed E-state index contributed by atoms with van der Waals surface area (Å²) in [5, 5.41) is 10.3. The van der Waals surface area contributed by atoms with Gasteiger partial charge in [-0.05, 0) is 30.5 Å². The molecule has 5 heteroatoms. The third-order valence-electron chi connectivity index (χ3n) is 4.11. The van der Waals surface area contributed by atoms with Crippen molar-refractivity contribution in [2.24, 2.45) is 0 Å². The molecule has 1 aromatic rings. The summed E-state index contributed by atoms with van der Waals surface area (Å²) in [4.78, 5) is 2.39. The Labute approximate surface area is 125 Å². The van der Waals surface area contributed by atoms with Crippen LogP contribution in [0.1, 0.15) is 24.7 Å². The molecule has 0 bridgehead atoms. The molecule has 3 heterocycles. The van der Waals surface area contributed by atoms with Gasteiger partial charge in [0.2, 0.25) is 0 Å². The highest BCUT2D eigenvalue weighted by atomic mass is 16.5. The molecule has 116 valence electrons. The lowest BCUT2D eigenvalue weighted by atomic mass is 10.0. The van der Waals surface area contributed by atoms with Crippen LogP contribution in [0.3, 0.4) is 0 Å². The summed E-state index contributed by atoms with van der Waals surface area (Å²) in [6, 6.07) is 3.83. The van der Waals surface area contributed by atoms with Gasteiger partial charge in [0.1, 0.15) is 11.9 Å². The monoisotopic (exact) mass is 293 g/mol. The summed E-state index contributed by atoms with van der Waals surface area (Å²) >= 11 is 0. The van der Waals surface area contributed by atoms with E-state index in [2.05, 4.69) is 11.0 Å². The summed E-state index contributed by atoms with van der Waals surface area (Å²) in [5.41, 5.74) is 1.33. The largest absolute Gasteiger partial charge is 0.467 e. The molecule has 2 atom stereocenters. The number of rotatable bonds is 5. The Bertz CT molecular complexity index is 457. The van der Waals surface area contributed by atoms with Crippen LogP contribution in [0, 0.1) is 0 Å². The molecule has 1 aromatic heterocycles. The van der Waals surface area contributed by atoms with Crippen molar-refractivity contribution in [1.29, 1.82) is 0 Å². The van der Waals surface area contributed by atoms with E-state index in [9.17, 15) is 5.11 Å². The molecular weight excluding hydrogens is 270 g/mol. The molecule has 1 N–H and O–H groups in total. The average molecular weight is 293 g/mol. The summed E-state index contributed by atoms with van der Waals surface area (Å²) in [5.74, 6) is 0.626. The van der Waals surface area contributed by atoms with E-state index in [0.717, 1.165) is 39.3 Å². The van der Waals surface area contributed by atoms with Gasteiger partial charge < -0.3 is 19.0 Å². The lowest BCUT2D eigenvalue weighted by molar-refractivity contribution is -0.0261. The minimum Gasteiger partial charge on any atom is -0.467 e. The van der Waals surface area contributed by atoms with Gasteiger partial charge in [0.15, 0.2) is 0 Å². The second-order valence-electron chi connectivity index (χ2n) is 5.67. The molecule has 0 saturated carbocycles. The van der Waals surface area contributed by atoms with Crippen molar-refractivity contribution in [3.8, 4) is 0 Å². The zero-order valence-corrected chi connectivity index (χ0v) is 12.2. The molecule has 2 aliphatic heterocycles. The van der Waals surface area contributed by atoms with Crippen molar-refractivity contribution in [1.82, 2.24) is 4.90 Å². The average Bonchev–Trinajstić information content (AvgIpc) is 3.05. The fraction of sp³-hybridized carbons (Fsp3) is 0.625. The van der Waals surface area contributed by atoms with E-state index in [0.29, 0.717) is 18.8 Å². The number of aliphatic hydroxyl groups is 1. The van der Waals surface area contributed by atoms with Gasteiger partial charge in [-0.2, -0.15) is 0 Å². The van der Waals surface area contributed by atoms with E-state index in [1.165, 1.54) is 5.57 Å². The third-order valence-corrected chi connectivity index (χ3v) is 4.11. The molecule has 3 rings (SSSR count). The summed E-state index contributed by atoms with van der Waals surface area (Å²) in [6.07, 6.45) is 4.92. The first-order valence-corrected chi connectivity index (χ1v) is 7.62. The molecule has 5 nitrogen and oxygen atoms in total. The quantitative estimate of drug-likeness (QED) is 0.838. The van der Waals surface area contributed by atoms with Crippen molar-refractivity contribution >= 4 is 0 Å². The highest BCUT2D eigenvalue weighted by Crippen LogP contribution is 2.23. The second kappa shape index (κ2) is 7.22. The maximum atomic E-state index is 10.3. The summed E-state index contributed by atoms with van der Waals surface area (Å²) in [6.45, 7) is 4.76. The molecule has 2 aliphatic rings. The standard InChI is InChI=1S/C16H23NO4/c18-15(16-4-2-7-21-16)9-14-12-20-8-5-17(14)10-13-3-1-6-19-11-13/h2-4,7,14-15,18H,1,5-6,8-12H2. The number of hydrogen-bond acceptors (Lipinski definition) is 5. The number of morpholine rings is 1. The Morgan fingerprint density at radius 1 is 1.33 bits per heavy atom. The Morgan fingerprint density at radius 2 is 2.29 bits per heavy atom. The fourth-order valence-electron chi connectivity index (χ4n) is 2.95. The third kappa shape index (κ3) is 3.95. The highest BCUT2D eigenvalue weighted by Gasteiger charge is 2.27. The zero-order chi connectivity index (χ0) is 14.5. The van der Waals surface area contributed by atoms with Gasteiger partial charge in [-0.1, -0.05) is 6.08 Å². The van der Waals surface area contributed by atoms with Crippen molar-refractivity contribution in [3.05, 3.63) is 35.8 Å². The zero-order valence-electron chi connectivity index (χ0n) is 12.2. The van der Waals surface area contributed by atoms with Crippen LogP contribution in [-0.2, 0) is 9.47 Å². The SMILES string of the molecule is OC(CC1COCCN1CC1=CCCOC1)c1ccco1. The van der Waals surface area contributed by atoms with Crippen LogP contribution < -0.4 is 0 Å². The maximum Gasteiger partial charge on any atom is 0.132 e. The molecule has 1 saturated heterocycles. The lowest BCUT2D eigenvalue weighted by Gasteiger charge is -2.37. The molecule has 2 unspecified atom stereocenters. The van der Waals surface area contributed by atoms with Gasteiger partial charge >= 0.3 is 0 Å². The van der Waals surface area contributed by atoms with Gasteiger partial charge in [-0.25, -0.2) is 0 Å². The molecule has 0 aliphatic carbocycles. The highest BCUT2D eigenvalue weighted by molar-refractivity contribution is 5.08. The Kier molecular flexibility index (Phi) is 5.08. The van der Waals surface area contributed by atoms with Crippen LogP contribution in [0.5, 0.6) is 0 Å². The Hall–Kier alpha value is -1.14. The first-order chi connectivity index (χ1) is 10.3. The molecule has 0 amide bonds. The molecule has 0 aromatic carbocycles. The maximum absolute atomic E-state index is 10.3.